The minimum Gasteiger partial charge on any atom is -0.309 e. The Balaban J connectivity index is 2.75. The Morgan fingerprint density at radius 2 is 2.00 bits per heavy atom. The minimum atomic E-state index is 1.22. The monoisotopic (exact) mass is 128 g/mol. The summed E-state index contributed by atoms with van der Waals surface area (Å²) in [5.74, 6) is 0. The van der Waals surface area contributed by atoms with Crippen molar-refractivity contribution >= 4 is 0 Å². The fourth-order valence-electron chi connectivity index (χ4n) is 0.756. The largest absolute Gasteiger partial charge is 0.309 e. The molecule has 0 atom stereocenters. The summed E-state index contributed by atoms with van der Waals surface area (Å²) in [5.41, 5.74) is 0. The van der Waals surface area contributed by atoms with Gasteiger partial charge in [0.15, 0.2) is 0 Å². The first-order valence-electron chi connectivity index (χ1n) is 3.73. The van der Waals surface area contributed by atoms with Crippen molar-refractivity contribution in [2.24, 2.45) is 0 Å². The van der Waals surface area contributed by atoms with Crippen LogP contribution in [0.25, 0.3) is 0 Å². The highest BCUT2D eigenvalue weighted by Gasteiger charge is 1.88. The van der Waals surface area contributed by atoms with Crippen molar-refractivity contribution < 1.29 is 0 Å². The van der Waals surface area contributed by atoms with Crippen LogP contribution in [0.5, 0.6) is 0 Å². The highest BCUT2D eigenvalue weighted by molar-refractivity contribution is 4.61. The van der Waals surface area contributed by atoms with Gasteiger partial charge in [0.1, 0.15) is 0 Å². The molecule has 0 aromatic rings. The molecule has 0 fully saturated rings. The molecule has 0 saturated heterocycles. The summed E-state index contributed by atoms with van der Waals surface area (Å²) in [6.07, 6.45) is 6.13. The average Bonchev–Trinajstić information content (AvgIpc) is 1.80. The van der Waals surface area contributed by atoms with Crippen molar-refractivity contribution in [2.75, 3.05) is 20.6 Å². The van der Waals surface area contributed by atoms with Crippen molar-refractivity contribution in [1.82, 2.24) is 4.90 Å². The van der Waals surface area contributed by atoms with Crippen molar-refractivity contribution in [3.8, 4) is 0 Å². The van der Waals surface area contributed by atoms with E-state index in [-0.39, 0.29) is 0 Å². The van der Waals surface area contributed by atoms with Crippen molar-refractivity contribution in [3.63, 3.8) is 0 Å². The van der Waals surface area contributed by atoms with Gasteiger partial charge in [-0.2, -0.15) is 0 Å². The zero-order valence-electron chi connectivity index (χ0n) is 6.85. The van der Waals surface area contributed by atoms with E-state index in [1.54, 1.807) is 0 Å². The van der Waals surface area contributed by atoms with Gasteiger partial charge in [0.05, 0.1) is 0 Å². The van der Waals surface area contributed by atoms with Gasteiger partial charge in [-0.05, 0) is 39.9 Å². The van der Waals surface area contributed by atoms with Crippen LogP contribution in [-0.2, 0) is 0 Å². The first-order valence-corrected chi connectivity index (χ1v) is 3.73. The molecule has 0 aliphatic heterocycles. The normalized spacial score (nSPS) is 10.7. The SMILES string of the molecule is CC[CH]CCCN(C)C. The molecular weight excluding hydrogens is 110 g/mol. The molecule has 1 radical (unpaired) electrons. The third-order valence-corrected chi connectivity index (χ3v) is 1.30. The molecule has 0 aromatic heterocycles. The van der Waals surface area contributed by atoms with E-state index in [2.05, 4.69) is 32.3 Å². The Morgan fingerprint density at radius 1 is 1.33 bits per heavy atom. The lowest BCUT2D eigenvalue weighted by Gasteiger charge is -2.07. The van der Waals surface area contributed by atoms with Crippen molar-refractivity contribution in [1.29, 1.82) is 0 Å². The molecule has 55 valence electrons. The van der Waals surface area contributed by atoms with Crippen molar-refractivity contribution in [3.05, 3.63) is 6.42 Å². The van der Waals surface area contributed by atoms with E-state index in [4.69, 9.17) is 0 Å². The second-order valence-electron chi connectivity index (χ2n) is 2.64. The second kappa shape index (κ2) is 6.09. The van der Waals surface area contributed by atoms with E-state index < -0.39 is 0 Å². The van der Waals surface area contributed by atoms with Crippen molar-refractivity contribution in [2.45, 2.75) is 26.2 Å². The summed E-state index contributed by atoms with van der Waals surface area (Å²) in [6.45, 7) is 3.41. The molecular formula is C8H18N. The predicted molar refractivity (Wildman–Crippen MR) is 42.4 cm³/mol. The zero-order valence-corrected chi connectivity index (χ0v) is 6.85. The zero-order chi connectivity index (χ0) is 7.11. The summed E-state index contributed by atoms with van der Waals surface area (Å²) >= 11 is 0. The van der Waals surface area contributed by atoms with Gasteiger partial charge >= 0.3 is 0 Å². The second-order valence-corrected chi connectivity index (χ2v) is 2.64. The summed E-state index contributed by atoms with van der Waals surface area (Å²) < 4.78 is 0. The van der Waals surface area contributed by atoms with Crippen LogP contribution >= 0.6 is 0 Å². The highest BCUT2D eigenvalue weighted by atomic mass is 15.0. The van der Waals surface area contributed by atoms with Gasteiger partial charge in [0.25, 0.3) is 0 Å². The number of unbranched alkanes of at least 4 members (excludes halogenated alkanes) is 3. The molecule has 0 heterocycles. The lowest BCUT2D eigenvalue weighted by atomic mass is 10.2. The third kappa shape index (κ3) is 7.96. The van der Waals surface area contributed by atoms with Gasteiger partial charge in [-0.15, -0.1) is 0 Å². The Kier molecular flexibility index (Phi) is 6.06. The Labute approximate surface area is 59.1 Å². The third-order valence-electron chi connectivity index (χ3n) is 1.30. The maximum absolute atomic E-state index is 2.34. The van der Waals surface area contributed by atoms with Crippen LogP contribution in [-0.4, -0.2) is 25.5 Å². The average molecular weight is 128 g/mol. The van der Waals surface area contributed by atoms with E-state index in [9.17, 15) is 0 Å². The molecule has 0 N–H and O–H groups in total. The van der Waals surface area contributed by atoms with Crippen LogP contribution in [0, 0.1) is 6.42 Å². The molecule has 0 amide bonds. The summed E-state index contributed by atoms with van der Waals surface area (Å²) in [7, 11) is 4.23. The van der Waals surface area contributed by atoms with Gasteiger partial charge in [0.2, 0.25) is 0 Å². The molecule has 0 saturated carbocycles. The maximum atomic E-state index is 2.34. The molecule has 0 spiro atoms. The molecule has 0 rings (SSSR count). The van der Waals surface area contributed by atoms with Gasteiger partial charge in [-0.3, -0.25) is 0 Å². The van der Waals surface area contributed by atoms with E-state index in [0.717, 1.165) is 0 Å². The van der Waals surface area contributed by atoms with E-state index >= 15 is 0 Å². The molecule has 1 nitrogen and oxygen atoms in total. The predicted octanol–water partition coefficient (Wildman–Crippen LogP) is 1.94. The smallest absolute Gasteiger partial charge is 0.00247 e. The first-order chi connectivity index (χ1) is 4.27. The summed E-state index contributed by atoms with van der Waals surface area (Å²) in [6, 6.07) is 0. The topological polar surface area (TPSA) is 3.24 Å². The van der Waals surface area contributed by atoms with Gasteiger partial charge in [-0.25, -0.2) is 0 Å². The van der Waals surface area contributed by atoms with E-state index in [1.807, 2.05) is 0 Å². The number of rotatable bonds is 5. The minimum absolute atomic E-state index is 1.22. The van der Waals surface area contributed by atoms with Crippen LogP contribution in [0.2, 0.25) is 0 Å². The molecule has 9 heavy (non-hydrogen) atoms. The van der Waals surface area contributed by atoms with Crippen LogP contribution < -0.4 is 0 Å². The molecule has 0 aromatic carbocycles. The van der Waals surface area contributed by atoms with Crippen LogP contribution in [0.3, 0.4) is 0 Å². The van der Waals surface area contributed by atoms with E-state index in [0.29, 0.717) is 0 Å². The molecule has 0 aliphatic rings. The first kappa shape index (κ1) is 8.96. The summed E-state index contributed by atoms with van der Waals surface area (Å²) in [5, 5.41) is 0. The fourth-order valence-corrected chi connectivity index (χ4v) is 0.756. The van der Waals surface area contributed by atoms with E-state index in [1.165, 1.54) is 25.8 Å². The molecule has 1 heteroatoms. The number of hydrogen-bond donors (Lipinski definition) is 0. The summed E-state index contributed by atoms with van der Waals surface area (Å²) in [4.78, 5) is 2.23. The van der Waals surface area contributed by atoms with Gasteiger partial charge < -0.3 is 4.90 Å². The number of nitrogens with zero attached hydrogens (tertiary/aromatic N) is 1. The fraction of sp³-hybridized carbons (Fsp3) is 0.875. The van der Waals surface area contributed by atoms with Gasteiger partial charge in [0, 0.05) is 0 Å². The lowest BCUT2D eigenvalue weighted by Crippen LogP contribution is -2.12. The molecule has 0 bridgehead atoms. The molecule has 0 unspecified atom stereocenters. The van der Waals surface area contributed by atoms with Crippen LogP contribution in [0.15, 0.2) is 0 Å². The number of hydrogen-bond acceptors (Lipinski definition) is 1. The maximum Gasteiger partial charge on any atom is -0.00247 e. The van der Waals surface area contributed by atoms with Crippen LogP contribution in [0.4, 0.5) is 0 Å². The Bertz CT molecular complexity index is 50.5. The highest BCUT2D eigenvalue weighted by Crippen LogP contribution is 1.96. The Morgan fingerprint density at radius 3 is 2.44 bits per heavy atom. The van der Waals surface area contributed by atoms with Gasteiger partial charge in [-0.1, -0.05) is 13.3 Å². The molecule has 0 aliphatic carbocycles. The quantitative estimate of drug-likeness (QED) is 0.511. The lowest BCUT2D eigenvalue weighted by molar-refractivity contribution is 0.399. The Hall–Kier alpha value is -0.0400. The standard InChI is InChI=1S/C8H18N/c1-4-5-6-7-8-9(2)3/h5H,4,6-8H2,1-3H3. The van der Waals surface area contributed by atoms with Crippen LogP contribution in [0.1, 0.15) is 26.2 Å².